The van der Waals surface area contributed by atoms with E-state index < -0.39 is 0 Å². The zero-order chi connectivity index (χ0) is 10.8. The fraction of sp³-hybridized carbons (Fsp3) is 0.909. The first-order valence-electron chi connectivity index (χ1n) is 5.49. The van der Waals surface area contributed by atoms with Gasteiger partial charge >= 0.3 is 0 Å². The van der Waals surface area contributed by atoms with Gasteiger partial charge in [0.25, 0.3) is 0 Å². The summed E-state index contributed by atoms with van der Waals surface area (Å²) in [6, 6.07) is 2.49. The third-order valence-corrected chi connectivity index (χ3v) is 2.64. The molecule has 3 nitrogen and oxygen atoms in total. The highest BCUT2D eigenvalue weighted by Gasteiger charge is 2.09. The lowest BCUT2D eigenvalue weighted by Gasteiger charge is -2.19. The maximum atomic E-state index is 8.81. The molecule has 0 amide bonds. The van der Waals surface area contributed by atoms with Crippen LogP contribution in [-0.2, 0) is 0 Å². The van der Waals surface area contributed by atoms with Crippen LogP contribution < -0.4 is 5.32 Å². The van der Waals surface area contributed by atoms with Crippen LogP contribution in [0.5, 0.6) is 0 Å². The van der Waals surface area contributed by atoms with E-state index in [0.29, 0.717) is 18.4 Å². The third-order valence-electron chi connectivity index (χ3n) is 2.64. The largest absolute Gasteiger partial charge is 0.396 e. The molecule has 82 valence electrons. The van der Waals surface area contributed by atoms with Gasteiger partial charge in [0.15, 0.2) is 0 Å². The fourth-order valence-electron chi connectivity index (χ4n) is 1.44. The molecule has 3 heteroatoms. The summed E-state index contributed by atoms with van der Waals surface area (Å²) in [4.78, 5) is 0. The molecule has 0 aliphatic heterocycles. The second-order valence-corrected chi connectivity index (χ2v) is 3.66. The van der Waals surface area contributed by atoms with Crippen molar-refractivity contribution >= 4 is 0 Å². The van der Waals surface area contributed by atoms with Crippen molar-refractivity contribution in [3.63, 3.8) is 0 Å². The summed E-state index contributed by atoms with van der Waals surface area (Å²) < 4.78 is 0. The molecule has 0 aliphatic rings. The van der Waals surface area contributed by atoms with Crippen molar-refractivity contribution in [1.82, 2.24) is 5.32 Å². The van der Waals surface area contributed by atoms with Crippen LogP contribution in [0.4, 0.5) is 0 Å². The predicted octanol–water partition coefficient (Wildman–Crippen LogP) is 1.68. The lowest BCUT2D eigenvalue weighted by atomic mass is 10.0. The van der Waals surface area contributed by atoms with E-state index in [1.54, 1.807) is 0 Å². The van der Waals surface area contributed by atoms with Gasteiger partial charge in [-0.2, -0.15) is 5.26 Å². The van der Waals surface area contributed by atoms with Gasteiger partial charge in [-0.25, -0.2) is 0 Å². The summed E-state index contributed by atoms with van der Waals surface area (Å²) >= 11 is 0. The van der Waals surface area contributed by atoms with E-state index in [-0.39, 0.29) is 6.61 Å². The van der Waals surface area contributed by atoms with E-state index in [1.807, 2.05) is 0 Å². The van der Waals surface area contributed by atoms with Gasteiger partial charge in [-0.1, -0.05) is 20.3 Å². The van der Waals surface area contributed by atoms with Crippen LogP contribution in [0.25, 0.3) is 0 Å². The van der Waals surface area contributed by atoms with Crippen LogP contribution in [0.2, 0.25) is 0 Å². The summed E-state index contributed by atoms with van der Waals surface area (Å²) in [5, 5.41) is 20.7. The lowest BCUT2D eigenvalue weighted by molar-refractivity contribution is 0.248. The molecular weight excluding hydrogens is 176 g/mol. The fourth-order valence-corrected chi connectivity index (χ4v) is 1.44. The Morgan fingerprint density at radius 3 is 2.50 bits per heavy atom. The minimum absolute atomic E-state index is 0.259. The minimum Gasteiger partial charge on any atom is -0.396 e. The van der Waals surface area contributed by atoms with Gasteiger partial charge < -0.3 is 10.4 Å². The van der Waals surface area contributed by atoms with Crippen LogP contribution in [0.3, 0.4) is 0 Å². The highest BCUT2D eigenvalue weighted by atomic mass is 16.3. The molecular formula is C11H22N2O. The van der Waals surface area contributed by atoms with E-state index in [0.717, 1.165) is 25.8 Å². The molecule has 2 atom stereocenters. The SMILES string of the molecule is CCC(CCO)CNC(CC)CC#N. The molecule has 0 bridgehead atoms. The summed E-state index contributed by atoms with van der Waals surface area (Å²) in [6.07, 6.45) is 3.50. The zero-order valence-corrected chi connectivity index (χ0v) is 9.29. The second-order valence-electron chi connectivity index (χ2n) is 3.66. The van der Waals surface area contributed by atoms with E-state index >= 15 is 0 Å². The van der Waals surface area contributed by atoms with Gasteiger partial charge in [0.1, 0.15) is 0 Å². The summed E-state index contributed by atoms with van der Waals surface area (Å²) in [5.74, 6) is 0.535. The molecule has 2 unspecified atom stereocenters. The van der Waals surface area contributed by atoms with Gasteiger partial charge in [-0.3, -0.25) is 0 Å². The van der Waals surface area contributed by atoms with Gasteiger partial charge in [-0.15, -0.1) is 0 Å². The number of rotatable bonds is 8. The molecule has 0 fully saturated rings. The van der Waals surface area contributed by atoms with Crippen molar-refractivity contribution in [2.24, 2.45) is 5.92 Å². The normalized spacial score (nSPS) is 14.7. The number of nitrogens with zero attached hydrogens (tertiary/aromatic N) is 1. The van der Waals surface area contributed by atoms with Crippen LogP contribution in [0.1, 0.15) is 39.5 Å². The Morgan fingerprint density at radius 2 is 2.07 bits per heavy atom. The molecule has 0 rings (SSSR count). The highest BCUT2D eigenvalue weighted by molar-refractivity contribution is 4.80. The standard InChI is InChI=1S/C11H22N2O/c1-3-10(6-8-14)9-13-11(4-2)5-7-12/h10-11,13-14H,3-6,8-9H2,1-2H3. The summed E-state index contributed by atoms with van der Waals surface area (Å²) in [6.45, 7) is 5.39. The Balaban J connectivity index is 3.70. The molecule has 0 saturated heterocycles. The van der Waals surface area contributed by atoms with Crippen molar-refractivity contribution in [3.05, 3.63) is 0 Å². The van der Waals surface area contributed by atoms with Crippen molar-refractivity contribution in [2.75, 3.05) is 13.2 Å². The van der Waals surface area contributed by atoms with E-state index in [2.05, 4.69) is 25.2 Å². The lowest BCUT2D eigenvalue weighted by Crippen LogP contribution is -2.32. The van der Waals surface area contributed by atoms with Gasteiger partial charge in [-0.05, 0) is 25.3 Å². The highest BCUT2D eigenvalue weighted by Crippen LogP contribution is 2.07. The molecule has 0 radical (unpaired) electrons. The molecule has 14 heavy (non-hydrogen) atoms. The predicted molar refractivity (Wildman–Crippen MR) is 57.8 cm³/mol. The summed E-state index contributed by atoms with van der Waals surface area (Å²) in [7, 11) is 0. The molecule has 0 aromatic heterocycles. The number of aliphatic hydroxyl groups excluding tert-OH is 1. The maximum absolute atomic E-state index is 8.81. The zero-order valence-electron chi connectivity index (χ0n) is 9.29. The first kappa shape index (κ1) is 13.4. The first-order chi connectivity index (χ1) is 6.78. The Kier molecular flexibility index (Phi) is 8.61. The maximum Gasteiger partial charge on any atom is 0.0638 e. The van der Waals surface area contributed by atoms with E-state index in [4.69, 9.17) is 10.4 Å². The van der Waals surface area contributed by atoms with Crippen molar-refractivity contribution in [3.8, 4) is 6.07 Å². The van der Waals surface area contributed by atoms with Gasteiger partial charge in [0, 0.05) is 12.6 Å². The molecule has 0 saturated carbocycles. The monoisotopic (exact) mass is 198 g/mol. The molecule has 0 aromatic rings. The topological polar surface area (TPSA) is 56.0 Å². The van der Waals surface area contributed by atoms with Crippen LogP contribution >= 0.6 is 0 Å². The van der Waals surface area contributed by atoms with Crippen LogP contribution in [0, 0.1) is 17.2 Å². The van der Waals surface area contributed by atoms with Crippen molar-refractivity contribution in [1.29, 1.82) is 5.26 Å². The Hall–Kier alpha value is -0.590. The summed E-state index contributed by atoms with van der Waals surface area (Å²) in [5.41, 5.74) is 0. The first-order valence-corrected chi connectivity index (χ1v) is 5.49. The van der Waals surface area contributed by atoms with Crippen molar-refractivity contribution in [2.45, 2.75) is 45.6 Å². The number of aliphatic hydroxyl groups is 1. The smallest absolute Gasteiger partial charge is 0.0638 e. The molecule has 0 aromatic carbocycles. The van der Waals surface area contributed by atoms with Crippen molar-refractivity contribution < 1.29 is 5.11 Å². The average Bonchev–Trinajstić information content (AvgIpc) is 2.22. The second kappa shape index (κ2) is 8.98. The van der Waals surface area contributed by atoms with Crippen LogP contribution in [0.15, 0.2) is 0 Å². The minimum atomic E-state index is 0.259. The number of nitriles is 1. The van der Waals surface area contributed by atoms with E-state index in [9.17, 15) is 0 Å². The van der Waals surface area contributed by atoms with Gasteiger partial charge in [0.2, 0.25) is 0 Å². The number of hydrogen-bond donors (Lipinski definition) is 2. The quantitative estimate of drug-likeness (QED) is 0.624. The molecule has 0 aliphatic carbocycles. The number of nitrogens with one attached hydrogen (secondary N) is 1. The Labute approximate surface area is 87.1 Å². The van der Waals surface area contributed by atoms with Gasteiger partial charge in [0.05, 0.1) is 12.5 Å². The Bertz CT molecular complexity index is 165. The molecule has 0 spiro atoms. The number of hydrogen-bond acceptors (Lipinski definition) is 3. The third kappa shape index (κ3) is 5.95. The molecule has 2 N–H and O–H groups in total. The van der Waals surface area contributed by atoms with Crippen LogP contribution in [-0.4, -0.2) is 24.3 Å². The Morgan fingerprint density at radius 1 is 1.36 bits per heavy atom. The average molecular weight is 198 g/mol. The van der Waals surface area contributed by atoms with E-state index in [1.165, 1.54) is 0 Å². The molecule has 0 heterocycles.